The highest BCUT2D eigenvalue weighted by Gasteiger charge is 2.26. The lowest BCUT2D eigenvalue weighted by atomic mass is 10.1. The van der Waals surface area contributed by atoms with Gasteiger partial charge in [-0.15, -0.1) is 0 Å². The van der Waals surface area contributed by atoms with Gasteiger partial charge < -0.3 is 20.5 Å². The summed E-state index contributed by atoms with van der Waals surface area (Å²) in [4.78, 5) is 12.2. The van der Waals surface area contributed by atoms with Crippen LogP contribution in [0.15, 0.2) is 18.2 Å². The molecule has 1 aromatic carbocycles. The van der Waals surface area contributed by atoms with E-state index in [0.717, 1.165) is 19.3 Å². The molecule has 0 radical (unpaired) electrons. The fraction of sp³-hybridized carbons (Fsp3) is 0.500. The third-order valence-corrected chi connectivity index (χ3v) is 3.55. The maximum absolute atomic E-state index is 12.2. The van der Waals surface area contributed by atoms with Gasteiger partial charge in [0.2, 0.25) is 0 Å². The number of nitrogens with one attached hydrogen (secondary N) is 1. The summed E-state index contributed by atoms with van der Waals surface area (Å²) < 4.78 is 10.5. The minimum atomic E-state index is -0.147. The molecule has 19 heavy (non-hydrogen) atoms. The van der Waals surface area contributed by atoms with E-state index in [4.69, 9.17) is 15.2 Å². The molecule has 1 aliphatic rings. The highest BCUT2D eigenvalue weighted by molar-refractivity contribution is 5.98. The van der Waals surface area contributed by atoms with E-state index in [0.29, 0.717) is 17.0 Å². The summed E-state index contributed by atoms with van der Waals surface area (Å²) in [6.07, 6.45) is 3.02. The Labute approximate surface area is 113 Å². The molecule has 1 fully saturated rings. The quantitative estimate of drug-likeness (QED) is 0.810. The number of hydrogen-bond acceptors (Lipinski definition) is 4. The van der Waals surface area contributed by atoms with E-state index in [1.165, 1.54) is 7.11 Å². The summed E-state index contributed by atoms with van der Waals surface area (Å²) >= 11 is 0. The van der Waals surface area contributed by atoms with Crippen LogP contribution >= 0.6 is 0 Å². The molecule has 0 aliphatic heterocycles. The van der Waals surface area contributed by atoms with Crippen LogP contribution in [0.3, 0.4) is 0 Å². The molecule has 2 atom stereocenters. The predicted octanol–water partition coefficient (Wildman–Crippen LogP) is 1.57. The zero-order valence-electron chi connectivity index (χ0n) is 11.3. The smallest absolute Gasteiger partial charge is 0.255 e. The Bertz CT molecular complexity index is 462. The Kier molecular flexibility index (Phi) is 4.27. The van der Waals surface area contributed by atoms with Crippen molar-refractivity contribution in [3.63, 3.8) is 0 Å². The van der Waals surface area contributed by atoms with Gasteiger partial charge in [0.1, 0.15) is 0 Å². The van der Waals surface area contributed by atoms with E-state index in [1.807, 2.05) is 0 Å². The first-order valence-corrected chi connectivity index (χ1v) is 6.41. The van der Waals surface area contributed by atoms with Gasteiger partial charge in [-0.25, -0.2) is 0 Å². The molecule has 0 bridgehead atoms. The average Bonchev–Trinajstić information content (AvgIpc) is 2.86. The van der Waals surface area contributed by atoms with Crippen molar-refractivity contribution < 1.29 is 14.3 Å². The van der Waals surface area contributed by atoms with Crippen molar-refractivity contribution in [3.8, 4) is 5.75 Å². The SMILES string of the molecule is COc1c(N)cccc1C(=O)NC1CCC(OC)C1. The van der Waals surface area contributed by atoms with Crippen LogP contribution in [-0.2, 0) is 4.74 Å². The van der Waals surface area contributed by atoms with Gasteiger partial charge in [0.15, 0.2) is 5.75 Å². The van der Waals surface area contributed by atoms with Crippen molar-refractivity contribution in [3.05, 3.63) is 23.8 Å². The van der Waals surface area contributed by atoms with Gasteiger partial charge >= 0.3 is 0 Å². The number of methoxy groups -OCH3 is 2. The van der Waals surface area contributed by atoms with E-state index in [9.17, 15) is 4.79 Å². The van der Waals surface area contributed by atoms with Crippen molar-refractivity contribution in [2.24, 2.45) is 0 Å². The van der Waals surface area contributed by atoms with Crippen LogP contribution in [0, 0.1) is 0 Å². The number of nitrogen functional groups attached to an aromatic ring is 1. The highest BCUT2D eigenvalue weighted by atomic mass is 16.5. The van der Waals surface area contributed by atoms with Crippen LogP contribution in [0.4, 0.5) is 5.69 Å². The van der Waals surface area contributed by atoms with Gasteiger partial charge in [-0.2, -0.15) is 0 Å². The standard InChI is InChI=1S/C14H20N2O3/c1-18-10-7-6-9(8-10)16-14(17)11-4-3-5-12(15)13(11)19-2/h3-5,9-10H,6-8,15H2,1-2H3,(H,16,17). The number of benzene rings is 1. The second-order valence-electron chi connectivity index (χ2n) is 4.77. The molecule has 5 nitrogen and oxygen atoms in total. The minimum absolute atomic E-state index is 0.147. The molecular formula is C14H20N2O3. The lowest BCUT2D eigenvalue weighted by Crippen LogP contribution is -2.33. The van der Waals surface area contributed by atoms with Gasteiger partial charge in [0.05, 0.1) is 24.5 Å². The number of nitrogens with two attached hydrogens (primary N) is 1. The van der Waals surface area contributed by atoms with E-state index in [-0.39, 0.29) is 18.1 Å². The zero-order valence-corrected chi connectivity index (χ0v) is 11.3. The lowest BCUT2D eigenvalue weighted by Gasteiger charge is -2.15. The second-order valence-corrected chi connectivity index (χ2v) is 4.77. The summed E-state index contributed by atoms with van der Waals surface area (Å²) in [6.45, 7) is 0. The topological polar surface area (TPSA) is 73.6 Å². The average molecular weight is 264 g/mol. The number of amides is 1. The zero-order chi connectivity index (χ0) is 13.8. The van der Waals surface area contributed by atoms with Crippen LogP contribution in [0.5, 0.6) is 5.75 Å². The molecular weight excluding hydrogens is 244 g/mol. The molecule has 0 heterocycles. The van der Waals surface area contributed by atoms with Gasteiger partial charge in [-0.3, -0.25) is 4.79 Å². The van der Waals surface area contributed by atoms with Crippen molar-refractivity contribution >= 4 is 11.6 Å². The number of carbonyl (C=O) groups excluding carboxylic acids is 1. The Balaban J connectivity index is 2.06. The van der Waals surface area contributed by atoms with Crippen molar-refractivity contribution in [2.75, 3.05) is 20.0 Å². The molecule has 2 rings (SSSR count). The molecule has 104 valence electrons. The maximum Gasteiger partial charge on any atom is 0.255 e. The number of rotatable bonds is 4. The van der Waals surface area contributed by atoms with Crippen molar-refractivity contribution in [1.29, 1.82) is 0 Å². The van der Waals surface area contributed by atoms with Crippen LogP contribution in [-0.4, -0.2) is 32.3 Å². The van der Waals surface area contributed by atoms with E-state index < -0.39 is 0 Å². The largest absolute Gasteiger partial charge is 0.494 e. The lowest BCUT2D eigenvalue weighted by molar-refractivity contribution is 0.0912. The third-order valence-electron chi connectivity index (χ3n) is 3.55. The van der Waals surface area contributed by atoms with E-state index >= 15 is 0 Å². The van der Waals surface area contributed by atoms with Crippen molar-refractivity contribution in [2.45, 2.75) is 31.4 Å². The fourth-order valence-corrected chi connectivity index (χ4v) is 2.51. The predicted molar refractivity (Wildman–Crippen MR) is 73.3 cm³/mol. The van der Waals surface area contributed by atoms with Gasteiger partial charge in [-0.05, 0) is 31.4 Å². The Morgan fingerprint density at radius 3 is 2.79 bits per heavy atom. The van der Waals surface area contributed by atoms with Crippen LogP contribution in [0.2, 0.25) is 0 Å². The first-order valence-electron chi connectivity index (χ1n) is 6.41. The maximum atomic E-state index is 12.2. The third kappa shape index (κ3) is 2.98. The first-order chi connectivity index (χ1) is 9.15. The fourth-order valence-electron chi connectivity index (χ4n) is 2.51. The van der Waals surface area contributed by atoms with Gasteiger partial charge in [-0.1, -0.05) is 6.07 Å². The molecule has 0 saturated heterocycles. The molecule has 5 heteroatoms. The molecule has 1 amide bonds. The Hall–Kier alpha value is -1.75. The van der Waals surface area contributed by atoms with Crippen LogP contribution in [0.25, 0.3) is 0 Å². The van der Waals surface area contributed by atoms with E-state index in [1.54, 1.807) is 25.3 Å². The normalized spacial score (nSPS) is 22.2. The molecule has 1 aliphatic carbocycles. The Morgan fingerprint density at radius 1 is 1.37 bits per heavy atom. The summed E-state index contributed by atoms with van der Waals surface area (Å²) in [6, 6.07) is 5.34. The minimum Gasteiger partial charge on any atom is -0.494 e. The molecule has 0 spiro atoms. The molecule has 3 N–H and O–H groups in total. The Morgan fingerprint density at radius 2 is 2.16 bits per heavy atom. The van der Waals surface area contributed by atoms with Crippen LogP contribution < -0.4 is 15.8 Å². The van der Waals surface area contributed by atoms with E-state index in [2.05, 4.69) is 5.32 Å². The number of ether oxygens (including phenoxy) is 2. The summed E-state index contributed by atoms with van der Waals surface area (Å²) in [5, 5.41) is 3.01. The number of para-hydroxylation sites is 1. The number of hydrogen-bond donors (Lipinski definition) is 2. The van der Waals surface area contributed by atoms with Crippen LogP contribution in [0.1, 0.15) is 29.6 Å². The summed E-state index contributed by atoms with van der Waals surface area (Å²) in [7, 11) is 3.22. The summed E-state index contributed by atoms with van der Waals surface area (Å²) in [5.41, 5.74) is 6.74. The monoisotopic (exact) mass is 264 g/mol. The number of carbonyl (C=O) groups is 1. The number of anilines is 1. The molecule has 2 unspecified atom stereocenters. The summed E-state index contributed by atoms with van der Waals surface area (Å²) in [5.74, 6) is 0.284. The van der Waals surface area contributed by atoms with Gasteiger partial charge in [0.25, 0.3) is 5.91 Å². The van der Waals surface area contributed by atoms with Crippen molar-refractivity contribution in [1.82, 2.24) is 5.32 Å². The van der Waals surface area contributed by atoms with Gasteiger partial charge in [0, 0.05) is 13.2 Å². The molecule has 1 saturated carbocycles. The highest BCUT2D eigenvalue weighted by Crippen LogP contribution is 2.27. The second kappa shape index (κ2) is 5.93. The molecule has 1 aromatic rings. The first kappa shape index (κ1) is 13.7. The molecule has 0 aromatic heterocycles.